The van der Waals surface area contributed by atoms with Crippen LogP contribution in [0.5, 0.6) is 0 Å². The molecule has 9 nitrogen and oxygen atoms in total. The molecule has 0 saturated heterocycles. The largest absolute Gasteiger partial charge is 0.349 e. The van der Waals surface area contributed by atoms with Gasteiger partial charge in [0.2, 0.25) is 5.91 Å². The van der Waals surface area contributed by atoms with Gasteiger partial charge in [-0.2, -0.15) is 4.68 Å². The lowest BCUT2D eigenvalue weighted by atomic mass is 10.1. The van der Waals surface area contributed by atoms with Crippen molar-refractivity contribution in [1.82, 2.24) is 30.4 Å². The van der Waals surface area contributed by atoms with Crippen LogP contribution >= 0.6 is 0 Å². The molecule has 28 heavy (non-hydrogen) atoms. The molecule has 1 N–H and O–H groups in total. The molecule has 0 spiro atoms. The van der Waals surface area contributed by atoms with Crippen molar-refractivity contribution in [1.29, 1.82) is 0 Å². The van der Waals surface area contributed by atoms with E-state index in [1.54, 1.807) is 24.3 Å². The van der Waals surface area contributed by atoms with Crippen LogP contribution in [0, 0.1) is 0 Å². The van der Waals surface area contributed by atoms with Gasteiger partial charge in [0, 0.05) is 13.0 Å². The standard InChI is InChI=1S/C19H16N6O3/c26-17(10-11-24-18(27)14-8-4-5-9-15(14)19(24)28)20-12-16-21-22-23-25(16)13-6-2-1-3-7-13/h1-9H,10-12H2,(H,20,26). The molecule has 0 saturated carbocycles. The average molecular weight is 376 g/mol. The first-order valence-corrected chi connectivity index (χ1v) is 8.70. The van der Waals surface area contributed by atoms with Crippen molar-refractivity contribution in [2.24, 2.45) is 0 Å². The van der Waals surface area contributed by atoms with Crippen LogP contribution in [0.2, 0.25) is 0 Å². The number of imide groups is 1. The maximum absolute atomic E-state index is 12.3. The third kappa shape index (κ3) is 3.25. The van der Waals surface area contributed by atoms with Crippen molar-refractivity contribution in [3.63, 3.8) is 0 Å². The summed E-state index contributed by atoms with van der Waals surface area (Å²) in [6.45, 7) is 0.144. The Kier molecular flexibility index (Phi) is 4.63. The van der Waals surface area contributed by atoms with E-state index in [1.165, 1.54) is 4.68 Å². The minimum atomic E-state index is -0.374. The zero-order valence-corrected chi connectivity index (χ0v) is 14.8. The quantitative estimate of drug-likeness (QED) is 0.642. The van der Waals surface area contributed by atoms with E-state index in [2.05, 4.69) is 20.8 Å². The maximum atomic E-state index is 12.3. The molecule has 0 radical (unpaired) electrons. The molecule has 1 aromatic heterocycles. The lowest BCUT2D eigenvalue weighted by Crippen LogP contribution is -2.34. The number of rotatable bonds is 6. The number of tetrazole rings is 1. The summed E-state index contributed by atoms with van der Waals surface area (Å²) in [6.07, 6.45) is -0.00162. The SMILES string of the molecule is O=C(CCN1C(=O)c2ccccc2C1=O)NCc1nnnn1-c1ccccc1. The van der Waals surface area contributed by atoms with Crippen LogP contribution in [0.1, 0.15) is 33.0 Å². The number of nitrogens with zero attached hydrogens (tertiary/aromatic N) is 5. The Hall–Kier alpha value is -3.88. The summed E-state index contributed by atoms with van der Waals surface area (Å²) >= 11 is 0. The monoisotopic (exact) mass is 376 g/mol. The van der Waals surface area contributed by atoms with Crippen LogP contribution < -0.4 is 5.32 Å². The number of carbonyl (C=O) groups is 3. The van der Waals surface area contributed by atoms with E-state index in [0.717, 1.165) is 10.6 Å². The van der Waals surface area contributed by atoms with Crippen molar-refractivity contribution in [3.05, 3.63) is 71.5 Å². The normalized spacial score (nSPS) is 12.9. The fourth-order valence-corrected chi connectivity index (χ4v) is 3.01. The van der Waals surface area contributed by atoms with Crippen molar-refractivity contribution < 1.29 is 14.4 Å². The highest BCUT2D eigenvalue weighted by Crippen LogP contribution is 2.22. The summed E-state index contributed by atoms with van der Waals surface area (Å²) in [5.74, 6) is -0.581. The fraction of sp³-hybridized carbons (Fsp3) is 0.158. The Morgan fingerprint density at radius 3 is 2.25 bits per heavy atom. The highest BCUT2D eigenvalue weighted by Gasteiger charge is 2.34. The first-order chi connectivity index (χ1) is 13.6. The van der Waals surface area contributed by atoms with Crippen LogP contribution in [0.4, 0.5) is 0 Å². The third-order valence-electron chi connectivity index (χ3n) is 4.42. The number of hydrogen-bond donors (Lipinski definition) is 1. The van der Waals surface area contributed by atoms with E-state index in [1.807, 2.05) is 30.3 Å². The molecule has 1 aliphatic heterocycles. The van der Waals surface area contributed by atoms with Crippen molar-refractivity contribution in [2.75, 3.05) is 6.54 Å². The Balaban J connectivity index is 1.34. The van der Waals surface area contributed by atoms with Gasteiger partial charge in [0.05, 0.1) is 23.4 Å². The van der Waals surface area contributed by atoms with E-state index in [9.17, 15) is 14.4 Å². The molecule has 9 heteroatoms. The van der Waals surface area contributed by atoms with Crippen molar-refractivity contribution in [2.45, 2.75) is 13.0 Å². The van der Waals surface area contributed by atoms with E-state index in [4.69, 9.17) is 0 Å². The summed E-state index contributed by atoms with van der Waals surface area (Å²) in [6, 6.07) is 15.9. The van der Waals surface area contributed by atoms with Gasteiger partial charge in [-0.3, -0.25) is 19.3 Å². The van der Waals surface area contributed by atoms with Crippen LogP contribution in [0.3, 0.4) is 0 Å². The molecule has 1 aliphatic rings. The van der Waals surface area contributed by atoms with E-state index >= 15 is 0 Å². The lowest BCUT2D eigenvalue weighted by molar-refractivity contribution is -0.121. The Morgan fingerprint density at radius 2 is 1.57 bits per heavy atom. The van der Waals surface area contributed by atoms with Crippen molar-refractivity contribution in [3.8, 4) is 5.69 Å². The molecule has 0 fully saturated rings. The fourth-order valence-electron chi connectivity index (χ4n) is 3.01. The molecule has 3 amide bonds. The van der Waals surface area contributed by atoms with Gasteiger partial charge in [0.15, 0.2) is 5.82 Å². The Bertz CT molecular complexity index is 1010. The highest BCUT2D eigenvalue weighted by molar-refractivity contribution is 6.21. The smallest absolute Gasteiger partial charge is 0.261 e. The minimum Gasteiger partial charge on any atom is -0.349 e. The topological polar surface area (TPSA) is 110 Å². The average Bonchev–Trinajstić information content (AvgIpc) is 3.29. The van der Waals surface area contributed by atoms with Gasteiger partial charge in [-0.15, -0.1) is 5.10 Å². The van der Waals surface area contributed by atoms with Gasteiger partial charge in [-0.1, -0.05) is 30.3 Å². The van der Waals surface area contributed by atoms with Crippen LogP contribution in [0.15, 0.2) is 54.6 Å². The summed E-state index contributed by atoms with van der Waals surface area (Å²) in [4.78, 5) is 37.9. The van der Waals surface area contributed by atoms with Crippen LogP contribution in [-0.4, -0.2) is 49.4 Å². The second-order valence-corrected chi connectivity index (χ2v) is 6.18. The number of aromatic nitrogens is 4. The third-order valence-corrected chi connectivity index (χ3v) is 4.42. The first-order valence-electron chi connectivity index (χ1n) is 8.70. The van der Waals surface area contributed by atoms with Gasteiger partial charge >= 0.3 is 0 Å². The molecule has 0 aliphatic carbocycles. The summed E-state index contributed by atoms with van der Waals surface area (Å²) in [7, 11) is 0. The second-order valence-electron chi connectivity index (χ2n) is 6.18. The minimum absolute atomic E-state index is 0.00162. The van der Waals surface area contributed by atoms with E-state index < -0.39 is 0 Å². The predicted octanol–water partition coefficient (Wildman–Crippen LogP) is 0.965. The molecule has 0 bridgehead atoms. The summed E-state index contributed by atoms with van der Waals surface area (Å²) in [5, 5.41) is 14.2. The van der Waals surface area contributed by atoms with Crippen LogP contribution in [0.25, 0.3) is 5.69 Å². The zero-order chi connectivity index (χ0) is 19.5. The van der Waals surface area contributed by atoms with Gasteiger partial charge in [0.25, 0.3) is 11.8 Å². The molecule has 140 valence electrons. The molecule has 4 rings (SSSR count). The molecule has 2 aromatic carbocycles. The number of carbonyl (C=O) groups excluding carboxylic acids is 3. The van der Waals surface area contributed by atoms with Crippen molar-refractivity contribution >= 4 is 17.7 Å². The predicted molar refractivity (Wildman–Crippen MR) is 97.4 cm³/mol. The maximum Gasteiger partial charge on any atom is 0.261 e. The molecular formula is C19H16N6O3. The number of para-hydroxylation sites is 1. The Labute approximate surface area is 160 Å². The number of hydrogen-bond acceptors (Lipinski definition) is 6. The molecule has 0 atom stereocenters. The lowest BCUT2D eigenvalue weighted by Gasteiger charge is -2.13. The number of fused-ring (bicyclic) bond motifs is 1. The van der Waals surface area contributed by atoms with Gasteiger partial charge in [0.1, 0.15) is 0 Å². The van der Waals surface area contributed by atoms with Gasteiger partial charge in [-0.05, 0) is 34.7 Å². The highest BCUT2D eigenvalue weighted by atomic mass is 16.2. The van der Waals surface area contributed by atoms with Crippen LogP contribution in [-0.2, 0) is 11.3 Å². The molecule has 0 unspecified atom stereocenters. The Morgan fingerprint density at radius 1 is 0.929 bits per heavy atom. The number of benzene rings is 2. The van der Waals surface area contributed by atoms with Gasteiger partial charge < -0.3 is 5.32 Å². The van der Waals surface area contributed by atoms with Gasteiger partial charge in [-0.25, -0.2) is 0 Å². The zero-order valence-electron chi connectivity index (χ0n) is 14.8. The molecular weight excluding hydrogens is 360 g/mol. The van der Waals surface area contributed by atoms with E-state index in [0.29, 0.717) is 17.0 Å². The van der Waals surface area contributed by atoms with E-state index in [-0.39, 0.29) is 37.2 Å². The second kappa shape index (κ2) is 7.39. The number of amides is 3. The molecule has 2 heterocycles. The summed E-state index contributed by atoms with van der Waals surface area (Å²) in [5.41, 5.74) is 1.52. The summed E-state index contributed by atoms with van der Waals surface area (Å²) < 4.78 is 1.53. The number of nitrogens with one attached hydrogen (secondary N) is 1. The first kappa shape index (κ1) is 17.5. The molecule has 3 aromatic rings.